The van der Waals surface area contributed by atoms with Crippen molar-refractivity contribution in [1.29, 1.82) is 0 Å². The van der Waals surface area contributed by atoms with Crippen molar-refractivity contribution < 1.29 is 4.57 Å². The lowest BCUT2D eigenvalue weighted by molar-refractivity contribution is -0.715. The topological polar surface area (TPSA) is 27.9 Å². The number of anilines is 2. The highest BCUT2D eigenvalue weighted by atomic mass is 15.1. The molecule has 1 aliphatic rings. The van der Waals surface area contributed by atoms with Crippen LogP contribution in [-0.4, -0.2) is 13.1 Å². The second-order valence-electron chi connectivity index (χ2n) is 3.67. The second-order valence-corrected chi connectivity index (χ2v) is 3.67. The predicted octanol–water partition coefficient (Wildman–Crippen LogP) is 1.39. The van der Waals surface area contributed by atoms with Gasteiger partial charge in [-0.25, -0.2) is 4.57 Å². The summed E-state index contributed by atoms with van der Waals surface area (Å²) < 4.78 is 2.21. The summed E-state index contributed by atoms with van der Waals surface area (Å²) in [6.45, 7) is 6.39. The Kier molecular flexibility index (Phi) is 2.08. The van der Waals surface area contributed by atoms with E-state index in [9.17, 15) is 0 Å². The average Bonchev–Trinajstić information content (AvgIpc) is 2.17. The van der Waals surface area contributed by atoms with Crippen molar-refractivity contribution in [2.75, 3.05) is 23.7 Å². The molecule has 1 aliphatic heterocycles. The lowest BCUT2D eigenvalue weighted by atomic mass is 10.2. The molecule has 0 saturated heterocycles. The maximum absolute atomic E-state index is 3.37. The molecule has 13 heavy (non-hydrogen) atoms. The van der Waals surface area contributed by atoms with Crippen molar-refractivity contribution in [3.05, 3.63) is 18.5 Å². The van der Waals surface area contributed by atoms with Crippen LogP contribution in [0, 0.1) is 0 Å². The molecule has 0 aliphatic carbocycles. The van der Waals surface area contributed by atoms with Gasteiger partial charge in [0.05, 0.1) is 5.69 Å². The molecule has 1 aromatic rings. The summed E-state index contributed by atoms with van der Waals surface area (Å²) in [6.07, 6.45) is 4.27. The van der Waals surface area contributed by atoms with Crippen LogP contribution in [0.1, 0.15) is 19.9 Å². The third kappa shape index (κ3) is 1.59. The van der Waals surface area contributed by atoms with Gasteiger partial charge in [-0.3, -0.25) is 0 Å². The fourth-order valence-corrected chi connectivity index (χ4v) is 1.52. The second kappa shape index (κ2) is 3.24. The molecule has 2 N–H and O–H groups in total. The Hall–Kier alpha value is -1.25. The highest BCUT2D eigenvalue weighted by Crippen LogP contribution is 2.21. The molecule has 0 bridgehead atoms. The van der Waals surface area contributed by atoms with Gasteiger partial charge >= 0.3 is 0 Å². The van der Waals surface area contributed by atoms with Gasteiger partial charge in [0.15, 0.2) is 18.4 Å². The minimum Gasteiger partial charge on any atom is -0.381 e. The van der Waals surface area contributed by atoms with E-state index in [-0.39, 0.29) is 0 Å². The molecule has 0 radical (unpaired) electrons. The highest BCUT2D eigenvalue weighted by molar-refractivity contribution is 5.68. The van der Waals surface area contributed by atoms with Crippen LogP contribution in [0.25, 0.3) is 0 Å². The number of hydrogen-bond donors (Lipinski definition) is 2. The third-order valence-electron chi connectivity index (χ3n) is 2.33. The van der Waals surface area contributed by atoms with E-state index in [1.807, 2.05) is 0 Å². The monoisotopic (exact) mass is 178 g/mol. The van der Waals surface area contributed by atoms with Crippen molar-refractivity contribution in [3.63, 3.8) is 0 Å². The van der Waals surface area contributed by atoms with Crippen LogP contribution in [0.3, 0.4) is 0 Å². The quantitative estimate of drug-likeness (QED) is 0.636. The highest BCUT2D eigenvalue weighted by Gasteiger charge is 2.13. The molecule has 2 rings (SSSR count). The van der Waals surface area contributed by atoms with Gasteiger partial charge in [0.1, 0.15) is 5.69 Å². The maximum atomic E-state index is 3.37. The van der Waals surface area contributed by atoms with Gasteiger partial charge in [0.2, 0.25) is 0 Å². The first-order chi connectivity index (χ1) is 6.27. The van der Waals surface area contributed by atoms with Crippen LogP contribution in [-0.2, 0) is 0 Å². The summed E-state index contributed by atoms with van der Waals surface area (Å²) in [5, 5.41) is 6.73. The number of rotatable bonds is 1. The van der Waals surface area contributed by atoms with E-state index in [1.54, 1.807) is 0 Å². The minimum atomic E-state index is 0.522. The maximum Gasteiger partial charge on any atom is 0.194 e. The summed E-state index contributed by atoms with van der Waals surface area (Å²) in [5.74, 6) is 0. The number of nitrogens with one attached hydrogen (secondary N) is 2. The van der Waals surface area contributed by atoms with Gasteiger partial charge in [-0.05, 0) is 13.8 Å². The molecule has 70 valence electrons. The lowest BCUT2D eigenvalue weighted by Gasteiger charge is -2.18. The van der Waals surface area contributed by atoms with E-state index in [0.29, 0.717) is 6.04 Å². The fraction of sp³-hybridized carbons (Fsp3) is 0.500. The van der Waals surface area contributed by atoms with Gasteiger partial charge in [-0.15, -0.1) is 0 Å². The summed E-state index contributed by atoms with van der Waals surface area (Å²) in [7, 11) is 0. The Morgan fingerprint density at radius 3 is 2.62 bits per heavy atom. The molecule has 3 heteroatoms. The summed E-state index contributed by atoms with van der Waals surface area (Å²) in [4.78, 5) is 0. The molecule has 0 fully saturated rings. The minimum absolute atomic E-state index is 0.522. The van der Waals surface area contributed by atoms with Crippen molar-refractivity contribution in [2.45, 2.75) is 19.9 Å². The molecule has 0 atom stereocenters. The zero-order valence-electron chi connectivity index (χ0n) is 8.17. The standard InChI is InChI=1S/C10H15N3/c1-8(2)13-6-3-9-10(7-13)12-5-4-11-9/h3,6-8,12H,4-5H2,1-2H3/p+1. The number of aromatic nitrogens is 1. The molecule has 0 aromatic carbocycles. The molecule has 3 nitrogen and oxygen atoms in total. The normalized spacial score (nSPS) is 14.7. The summed E-state index contributed by atoms with van der Waals surface area (Å²) >= 11 is 0. The SMILES string of the molecule is CC(C)[n+]1ccc2c(c1)NCCN2. The molecule has 0 unspecified atom stereocenters. The van der Waals surface area contributed by atoms with Crippen LogP contribution in [0.2, 0.25) is 0 Å². The van der Waals surface area contributed by atoms with Crippen LogP contribution in [0.4, 0.5) is 11.4 Å². The molecule has 1 aromatic heterocycles. The Balaban J connectivity index is 2.35. The van der Waals surface area contributed by atoms with E-state index < -0.39 is 0 Å². The Morgan fingerprint density at radius 2 is 1.92 bits per heavy atom. The van der Waals surface area contributed by atoms with E-state index in [1.165, 1.54) is 11.4 Å². The fourth-order valence-electron chi connectivity index (χ4n) is 1.52. The number of nitrogens with zero attached hydrogens (tertiary/aromatic N) is 1. The van der Waals surface area contributed by atoms with E-state index in [2.05, 4.69) is 47.5 Å². The van der Waals surface area contributed by atoms with Crippen molar-refractivity contribution in [3.8, 4) is 0 Å². The Bertz CT molecular complexity index is 307. The van der Waals surface area contributed by atoms with Gasteiger partial charge in [-0.1, -0.05) is 0 Å². The number of pyridine rings is 1. The first-order valence-electron chi connectivity index (χ1n) is 4.80. The van der Waals surface area contributed by atoms with Gasteiger partial charge < -0.3 is 10.6 Å². The van der Waals surface area contributed by atoms with E-state index in [0.717, 1.165) is 13.1 Å². The first kappa shape index (κ1) is 8.35. The van der Waals surface area contributed by atoms with Crippen LogP contribution in [0.5, 0.6) is 0 Å². The zero-order chi connectivity index (χ0) is 9.26. The van der Waals surface area contributed by atoms with Gasteiger partial charge in [0, 0.05) is 19.2 Å². The Morgan fingerprint density at radius 1 is 1.23 bits per heavy atom. The molecule has 0 saturated carbocycles. The smallest absolute Gasteiger partial charge is 0.194 e. The number of hydrogen-bond acceptors (Lipinski definition) is 2. The molecular formula is C10H16N3+. The van der Waals surface area contributed by atoms with Gasteiger partial charge in [-0.2, -0.15) is 0 Å². The zero-order valence-corrected chi connectivity index (χ0v) is 8.17. The van der Waals surface area contributed by atoms with E-state index in [4.69, 9.17) is 0 Å². The predicted molar refractivity (Wildman–Crippen MR) is 54.0 cm³/mol. The largest absolute Gasteiger partial charge is 0.381 e. The molecule has 0 amide bonds. The average molecular weight is 178 g/mol. The van der Waals surface area contributed by atoms with Crippen molar-refractivity contribution in [2.24, 2.45) is 0 Å². The molecular weight excluding hydrogens is 162 g/mol. The molecule has 0 spiro atoms. The molecule has 2 heterocycles. The van der Waals surface area contributed by atoms with Gasteiger partial charge in [0.25, 0.3) is 0 Å². The third-order valence-corrected chi connectivity index (χ3v) is 2.33. The number of fused-ring (bicyclic) bond motifs is 1. The van der Waals surface area contributed by atoms with E-state index >= 15 is 0 Å². The van der Waals surface area contributed by atoms with Crippen LogP contribution in [0.15, 0.2) is 18.5 Å². The summed E-state index contributed by atoms with van der Waals surface area (Å²) in [5.41, 5.74) is 2.42. The van der Waals surface area contributed by atoms with Crippen molar-refractivity contribution >= 4 is 11.4 Å². The van der Waals surface area contributed by atoms with Crippen LogP contribution >= 0.6 is 0 Å². The van der Waals surface area contributed by atoms with Crippen molar-refractivity contribution in [1.82, 2.24) is 0 Å². The Labute approximate surface area is 78.8 Å². The summed E-state index contributed by atoms with van der Waals surface area (Å²) in [6, 6.07) is 2.65. The van der Waals surface area contributed by atoms with Crippen LogP contribution < -0.4 is 15.2 Å². The first-order valence-corrected chi connectivity index (χ1v) is 4.80. The lowest BCUT2D eigenvalue weighted by Crippen LogP contribution is -2.36.